The largest absolute Gasteiger partial charge is 0.464 e. The van der Waals surface area contributed by atoms with Crippen molar-refractivity contribution in [1.29, 1.82) is 0 Å². The van der Waals surface area contributed by atoms with Crippen LogP contribution in [-0.2, 0) is 28.5 Å². The summed E-state index contributed by atoms with van der Waals surface area (Å²) in [4.78, 5) is 39.9. The summed E-state index contributed by atoms with van der Waals surface area (Å²) in [6.07, 6.45) is 5.06. The summed E-state index contributed by atoms with van der Waals surface area (Å²) in [5, 5.41) is 3.27. The molecule has 1 aliphatic carbocycles. The number of rotatable bonds is 11. The minimum atomic E-state index is -0.349. The van der Waals surface area contributed by atoms with Crippen molar-refractivity contribution in [3.8, 4) is 0 Å². The highest BCUT2D eigenvalue weighted by Gasteiger charge is 2.71. The molecule has 0 aromatic heterocycles. The second-order valence-electron chi connectivity index (χ2n) is 11.3. The zero-order valence-electron chi connectivity index (χ0n) is 23.0. The van der Waals surface area contributed by atoms with Gasteiger partial charge in [-0.1, -0.05) is 11.6 Å². The van der Waals surface area contributed by atoms with E-state index in [1.165, 1.54) is 5.57 Å². The van der Waals surface area contributed by atoms with Crippen LogP contribution in [0.3, 0.4) is 0 Å². The number of nitrogens with zero attached hydrogens (tertiary/aromatic N) is 2. The van der Waals surface area contributed by atoms with Gasteiger partial charge >= 0.3 is 12.0 Å². The maximum absolute atomic E-state index is 13.2. The van der Waals surface area contributed by atoms with Gasteiger partial charge in [-0.3, -0.25) is 14.5 Å². The Kier molecular flexibility index (Phi) is 9.76. The molecule has 3 heterocycles. The average Bonchev–Trinajstić information content (AvgIpc) is 3.79. The van der Waals surface area contributed by atoms with Crippen LogP contribution in [0.1, 0.15) is 52.9 Å². The average molecular weight is 648 g/mol. The van der Waals surface area contributed by atoms with Crippen molar-refractivity contribution in [3.05, 3.63) is 11.6 Å². The minimum Gasteiger partial charge on any atom is -0.464 e. The quantitative estimate of drug-likeness (QED) is 0.120. The van der Waals surface area contributed by atoms with Crippen molar-refractivity contribution in [3.63, 3.8) is 0 Å². The number of carbonyl (C=O) groups is 3. The first-order chi connectivity index (χ1) is 18.1. The summed E-state index contributed by atoms with van der Waals surface area (Å²) in [6, 6.07) is -0.176. The molecule has 0 aromatic rings. The molecule has 10 nitrogen and oxygen atoms in total. The van der Waals surface area contributed by atoms with Crippen molar-refractivity contribution in [1.82, 2.24) is 15.1 Å². The molecule has 3 saturated heterocycles. The van der Waals surface area contributed by atoms with Gasteiger partial charge in [-0.15, -0.1) is 0 Å². The van der Waals surface area contributed by atoms with Gasteiger partial charge in [0.1, 0.15) is 12.2 Å². The highest BCUT2D eigenvalue weighted by molar-refractivity contribution is 14.1. The maximum atomic E-state index is 13.2. The molecule has 0 aromatic carbocycles. The van der Waals surface area contributed by atoms with E-state index in [1.807, 2.05) is 4.90 Å². The fraction of sp³-hybridized carbons (Fsp3) is 0.815. The van der Waals surface area contributed by atoms with Gasteiger partial charge in [0.2, 0.25) is 0 Å². The predicted molar refractivity (Wildman–Crippen MR) is 149 cm³/mol. The molecular weight excluding hydrogens is 605 g/mol. The SMILES string of the molecule is CO[C@@H]1[C@H](NC(=O)N2CCN(CCOC(=O)CCC(=O)I)CC2)CC[C@]2(CO2)[C@H]1[C@@]1(C)O[C@@H]1CC=C(C)C. The van der Waals surface area contributed by atoms with Crippen molar-refractivity contribution in [2.24, 2.45) is 5.92 Å². The third-order valence-corrected chi connectivity index (χ3v) is 9.00. The number of hydrogen-bond acceptors (Lipinski definition) is 8. The molecule has 0 radical (unpaired) electrons. The number of halogens is 1. The molecule has 3 aliphatic heterocycles. The number of ether oxygens (including phenoxy) is 4. The maximum Gasteiger partial charge on any atom is 0.317 e. The van der Waals surface area contributed by atoms with Crippen molar-refractivity contribution in [2.45, 2.75) is 82.3 Å². The van der Waals surface area contributed by atoms with Gasteiger partial charge in [0.05, 0.1) is 36.9 Å². The number of esters is 1. The van der Waals surface area contributed by atoms with Gasteiger partial charge in [-0.2, -0.15) is 0 Å². The highest BCUT2D eigenvalue weighted by atomic mass is 127. The Hall–Kier alpha value is -1.28. The molecule has 2 amide bonds. The van der Waals surface area contributed by atoms with Gasteiger partial charge in [-0.25, -0.2) is 4.79 Å². The Balaban J connectivity index is 1.25. The molecule has 6 atom stereocenters. The van der Waals surface area contributed by atoms with E-state index < -0.39 is 0 Å². The van der Waals surface area contributed by atoms with E-state index in [-0.39, 0.29) is 64.0 Å². The van der Waals surface area contributed by atoms with E-state index >= 15 is 0 Å². The van der Waals surface area contributed by atoms with Crippen LogP contribution in [0, 0.1) is 5.92 Å². The summed E-state index contributed by atoms with van der Waals surface area (Å²) in [5.41, 5.74) is 0.743. The van der Waals surface area contributed by atoms with Gasteiger partial charge in [0.15, 0.2) is 3.79 Å². The van der Waals surface area contributed by atoms with Crippen LogP contribution in [0.2, 0.25) is 0 Å². The zero-order valence-corrected chi connectivity index (χ0v) is 25.2. The number of allylic oxidation sites excluding steroid dienone is 1. The fourth-order valence-corrected chi connectivity index (χ4v) is 6.40. The molecule has 38 heavy (non-hydrogen) atoms. The fourth-order valence-electron chi connectivity index (χ4n) is 6.13. The Morgan fingerprint density at radius 2 is 1.87 bits per heavy atom. The third kappa shape index (κ3) is 7.07. The van der Waals surface area contributed by atoms with Crippen molar-refractivity contribution >= 4 is 38.4 Å². The first-order valence-corrected chi connectivity index (χ1v) is 14.8. The van der Waals surface area contributed by atoms with E-state index in [9.17, 15) is 14.4 Å². The van der Waals surface area contributed by atoms with Crippen molar-refractivity contribution < 1.29 is 33.3 Å². The van der Waals surface area contributed by atoms with Gasteiger partial charge < -0.3 is 29.2 Å². The van der Waals surface area contributed by atoms with E-state index in [0.29, 0.717) is 39.3 Å². The van der Waals surface area contributed by atoms with E-state index in [4.69, 9.17) is 18.9 Å². The highest BCUT2D eigenvalue weighted by Crippen LogP contribution is 2.59. The Labute approximate surface area is 239 Å². The smallest absolute Gasteiger partial charge is 0.317 e. The Morgan fingerprint density at radius 3 is 2.47 bits per heavy atom. The van der Waals surface area contributed by atoms with Crippen LogP contribution in [0.15, 0.2) is 11.6 Å². The number of amides is 2. The van der Waals surface area contributed by atoms with Crippen LogP contribution in [0.4, 0.5) is 4.79 Å². The predicted octanol–water partition coefficient (Wildman–Crippen LogP) is 2.68. The molecule has 0 bridgehead atoms. The standard InChI is InChI=1S/C27H42IN3O7/c1-18(2)5-6-20-26(3,38-20)24-23(35-4)19(9-10-27(24)17-37-27)29-25(34)31-13-11-30(12-14-31)15-16-36-22(33)8-7-21(28)32/h5,19-20,23-24H,6-17H2,1-4H3,(H,29,34)/t19-,20-,23-,24-,26+,27+/m1/s1. The summed E-state index contributed by atoms with van der Waals surface area (Å²) >= 11 is 1.68. The first-order valence-electron chi connectivity index (χ1n) is 13.7. The molecule has 1 N–H and O–H groups in total. The number of methoxy groups -OCH3 is 1. The van der Waals surface area contributed by atoms with E-state index in [1.54, 1.807) is 29.7 Å². The Morgan fingerprint density at radius 1 is 1.16 bits per heavy atom. The monoisotopic (exact) mass is 647 g/mol. The van der Waals surface area contributed by atoms with E-state index in [0.717, 1.165) is 25.9 Å². The summed E-state index contributed by atoms with van der Waals surface area (Å²) in [6.45, 7) is 10.6. The van der Waals surface area contributed by atoms with Crippen LogP contribution < -0.4 is 5.32 Å². The number of carbonyl (C=O) groups excluding carboxylic acids is 3. The molecule has 4 aliphatic rings. The molecule has 1 spiro atoms. The summed E-state index contributed by atoms with van der Waals surface area (Å²) < 4.78 is 23.5. The number of hydrogen-bond donors (Lipinski definition) is 1. The van der Waals surface area contributed by atoms with Crippen molar-refractivity contribution in [2.75, 3.05) is 53.0 Å². The van der Waals surface area contributed by atoms with Gasteiger partial charge in [-0.05, 0) is 62.6 Å². The molecule has 214 valence electrons. The molecule has 4 fully saturated rings. The molecule has 4 rings (SSSR count). The van der Waals surface area contributed by atoms with Crippen LogP contribution >= 0.6 is 22.6 Å². The second kappa shape index (κ2) is 12.5. The molecule has 11 heteroatoms. The normalized spacial score (nSPS) is 34.5. The second-order valence-corrected chi connectivity index (χ2v) is 12.5. The van der Waals surface area contributed by atoms with Crippen LogP contribution in [-0.4, -0.2) is 108 Å². The number of piperazine rings is 1. The topological polar surface area (TPSA) is 113 Å². The first kappa shape index (κ1) is 29.7. The molecule has 1 saturated carbocycles. The minimum absolute atomic E-state index is 0.0476. The number of epoxide rings is 2. The molecular formula is C27H42IN3O7. The Bertz CT molecular complexity index is 914. The lowest BCUT2D eigenvalue weighted by atomic mass is 9.67. The van der Waals surface area contributed by atoms with E-state index in [2.05, 4.69) is 37.1 Å². The van der Waals surface area contributed by atoms with Gasteiger partial charge in [0.25, 0.3) is 0 Å². The van der Waals surface area contributed by atoms with Crippen LogP contribution in [0.25, 0.3) is 0 Å². The number of nitrogens with one attached hydrogen (secondary N) is 1. The lowest BCUT2D eigenvalue weighted by molar-refractivity contribution is -0.144. The third-order valence-electron chi connectivity index (χ3n) is 8.46. The van der Waals surface area contributed by atoms with Gasteiger partial charge in [0, 0.05) is 52.2 Å². The summed E-state index contributed by atoms with van der Waals surface area (Å²) in [5.74, 6) is -0.289. The lowest BCUT2D eigenvalue weighted by Gasteiger charge is -2.44. The molecule has 0 unspecified atom stereocenters. The summed E-state index contributed by atoms with van der Waals surface area (Å²) in [7, 11) is 1.72. The van der Waals surface area contributed by atoms with Crippen LogP contribution in [0.5, 0.6) is 0 Å². The lowest BCUT2D eigenvalue weighted by Crippen LogP contribution is -2.61. The number of urea groups is 1. The zero-order chi connectivity index (χ0) is 27.5.